The van der Waals surface area contributed by atoms with Gasteiger partial charge in [-0.15, -0.1) is 0 Å². The van der Waals surface area contributed by atoms with E-state index in [1.54, 1.807) is 13.8 Å². The number of carbonyl (C=O) groups excluding carboxylic acids is 1. The standard InChI is InChI=1S/C23H36O5S/c1-17(13-11-9-7-6-8-10-12-16-29-19(3)24)14-15-20-18(2)21(25)22(26-4)23(27-5)28-20/h14H,6-13,15-16H2,1-5H3/b17-14+. The lowest BCUT2D eigenvalue weighted by Crippen LogP contribution is -2.12. The van der Waals surface area contributed by atoms with E-state index in [1.165, 1.54) is 70.1 Å². The minimum Gasteiger partial charge on any atom is -0.487 e. The van der Waals surface area contributed by atoms with Crippen molar-refractivity contribution in [2.45, 2.75) is 78.6 Å². The van der Waals surface area contributed by atoms with Crippen LogP contribution in [0.1, 0.15) is 76.5 Å². The van der Waals surface area contributed by atoms with Crippen molar-refractivity contribution in [3.63, 3.8) is 0 Å². The third kappa shape index (κ3) is 9.57. The minimum atomic E-state index is -0.184. The van der Waals surface area contributed by atoms with Crippen LogP contribution in [-0.4, -0.2) is 25.1 Å². The number of rotatable bonds is 14. The summed E-state index contributed by atoms with van der Waals surface area (Å²) in [6, 6.07) is 0. The van der Waals surface area contributed by atoms with Gasteiger partial charge < -0.3 is 13.9 Å². The number of ether oxygens (including phenoxy) is 2. The summed E-state index contributed by atoms with van der Waals surface area (Å²) in [4.78, 5) is 23.2. The van der Waals surface area contributed by atoms with Crippen molar-refractivity contribution >= 4 is 16.9 Å². The lowest BCUT2D eigenvalue weighted by molar-refractivity contribution is -0.109. The predicted molar refractivity (Wildman–Crippen MR) is 120 cm³/mol. The van der Waals surface area contributed by atoms with E-state index in [1.807, 2.05) is 0 Å². The number of hydrogen-bond acceptors (Lipinski definition) is 6. The van der Waals surface area contributed by atoms with Crippen LogP contribution in [0.25, 0.3) is 0 Å². The number of carbonyl (C=O) groups is 1. The Balaban J connectivity index is 2.31. The summed E-state index contributed by atoms with van der Waals surface area (Å²) in [5, 5.41) is 0.219. The lowest BCUT2D eigenvalue weighted by atomic mass is 10.0. The van der Waals surface area contributed by atoms with E-state index in [2.05, 4.69) is 13.0 Å². The molecule has 0 N–H and O–H groups in total. The number of methoxy groups -OCH3 is 2. The van der Waals surface area contributed by atoms with Gasteiger partial charge in [-0.05, 0) is 33.1 Å². The average molecular weight is 425 g/mol. The Hall–Kier alpha value is -1.69. The molecule has 1 aromatic rings. The van der Waals surface area contributed by atoms with Crippen molar-refractivity contribution in [1.82, 2.24) is 0 Å². The highest BCUT2D eigenvalue weighted by molar-refractivity contribution is 8.13. The Labute approximate surface area is 179 Å². The molecule has 0 spiro atoms. The van der Waals surface area contributed by atoms with E-state index in [0.29, 0.717) is 17.7 Å². The molecule has 0 aliphatic carbocycles. The molecule has 5 nitrogen and oxygen atoms in total. The fourth-order valence-electron chi connectivity index (χ4n) is 3.10. The van der Waals surface area contributed by atoms with Crippen LogP contribution in [-0.2, 0) is 11.2 Å². The second kappa shape index (κ2) is 14.3. The highest BCUT2D eigenvalue weighted by atomic mass is 32.2. The SMILES string of the molecule is COc1oc(C/C=C(\C)CCCCCCCCCSC(C)=O)c(C)c(=O)c1OC. The van der Waals surface area contributed by atoms with Crippen LogP contribution in [0, 0.1) is 6.92 Å². The van der Waals surface area contributed by atoms with E-state index in [9.17, 15) is 9.59 Å². The van der Waals surface area contributed by atoms with Gasteiger partial charge in [0, 0.05) is 24.7 Å². The first-order chi connectivity index (χ1) is 13.9. The van der Waals surface area contributed by atoms with Crippen LogP contribution in [0.3, 0.4) is 0 Å². The van der Waals surface area contributed by atoms with Crippen molar-refractivity contribution in [3.05, 3.63) is 33.2 Å². The molecule has 0 bridgehead atoms. The summed E-state index contributed by atoms with van der Waals surface area (Å²) < 4.78 is 15.9. The van der Waals surface area contributed by atoms with Gasteiger partial charge >= 0.3 is 5.95 Å². The van der Waals surface area contributed by atoms with Crippen molar-refractivity contribution in [2.24, 2.45) is 0 Å². The van der Waals surface area contributed by atoms with Gasteiger partial charge in [0.25, 0.3) is 0 Å². The Morgan fingerprint density at radius 2 is 1.62 bits per heavy atom. The zero-order valence-corrected chi connectivity index (χ0v) is 19.4. The van der Waals surface area contributed by atoms with Gasteiger partial charge in [0.2, 0.25) is 11.2 Å². The van der Waals surface area contributed by atoms with E-state index in [-0.39, 0.29) is 22.2 Å². The minimum absolute atomic E-state index is 0.118. The number of allylic oxidation sites excluding steroid dienone is 2. The average Bonchev–Trinajstić information content (AvgIpc) is 2.69. The molecular weight excluding hydrogens is 388 g/mol. The number of unbranched alkanes of at least 4 members (excludes halogenated alkanes) is 6. The molecule has 1 aromatic heterocycles. The van der Waals surface area contributed by atoms with E-state index < -0.39 is 0 Å². The van der Waals surface area contributed by atoms with Gasteiger partial charge in [-0.25, -0.2) is 0 Å². The van der Waals surface area contributed by atoms with Gasteiger partial charge in [-0.2, -0.15) is 0 Å². The molecule has 0 radical (unpaired) electrons. The highest BCUT2D eigenvalue weighted by Gasteiger charge is 2.17. The largest absolute Gasteiger partial charge is 0.487 e. The third-order valence-corrected chi connectivity index (χ3v) is 5.81. The van der Waals surface area contributed by atoms with E-state index >= 15 is 0 Å². The molecule has 0 aliphatic rings. The van der Waals surface area contributed by atoms with Gasteiger partial charge in [-0.3, -0.25) is 9.59 Å². The van der Waals surface area contributed by atoms with Crippen LogP contribution in [0.2, 0.25) is 0 Å². The lowest BCUT2D eigenvalue weighted by Gasteiger charge is -2.10. The molecular formula is C23H36O5S. The molecule has 1 heterocycles. The van der Waals surface area contributed by atoms with Crippen LogP contribution < -0.4 is 14.9 Å². The van der Waals surface area contributed by atoms with Crippen molar-refractivity contribution in [1.29, 1.82) is 0 Å². The number of thioether (sulfide) groups is 1. The maximum absolute atomic E-state index is 12.3. The third-order valence-electron chi connectivity index (χ3n) is 4.91. The van der Waals surface area contributed by atoms with Crippen LogP contribution in [0.5, 0.6) is 11.7 Å². The number of hydrogen-bond donors (Lipinski definition) is 0. The Morgan fingerprint density at radius 1 is 1.00 bits per heavy atom. The van der Waals surface area contributed by atoms with E-state index in [4.69, 9.17) is 13.9 Å². The quantitative estimate of drug-likeness (QED) is 0.275. The summed E-state index contributed by atoms with van der Waals surface area (Å²) in [5.74, 6) is 1.82. The van der Waals surface area contributed by atoms with Crippen molar-refractivity contribution < 1.29 is 18.7 Å². The summed E-state index contributed by atoms with van der Waals surface area (Å²) >= 11 is 1.43. The topological polar surface area (TPSA) is 65.7 Å². The molecule has 0 fully saturated rings. The fourth-order valence-corrected chi connectivity index (χ4v) is 3.74. The summed E-state index contributed by atoms with van der Waals surface area (Å²) in [6.45, 7) is 5.51. The second-order valence-electron chi connectivity index (χ2n) is 7.32. The summed E-state index contributed by atoms with van der Waals surface area (Å²) in [5.41, 5.74) is 1.69. The predicted octanol–water partition coefficient (Wildman–Crippen LogP) is 5.85. The molecule has 0 amide bonds. The second-order valence-corrected chi connectivity index (χ2v) is 8.60. The summed E-state index contributed by atoms with van der Waals surface area (Å²) in [7, 11) is 2.90. The zero-order chi connectivity index (χ0) is 21.6. The van der Waals surface area contributed by atoms with Crippen molar-refractivity contribution in [2.75, 3.05) is 20.0 Å². The van der Waals surface area contributed by atoms with Crippen molar-refractivity contribution in [3.8, 4) is 11.7 Å². The molecule has 164 valence electrons. The maximum Gasteiger partial charge on any atom is 0.332 e. The molecule has 1 rings (SSSR count). The molecule has 0 aliphatic heterocycles. The maximum atomic E-state index is 12.3. The smallest absolute Gasteiger partial charge is 0.332 e. The van der Waals surface area contributed by atoms with Gasteiger partial charge in [0.15, 0.2) is 5.12 Å². The highest BCUT2D eigenvalue weighted by Crippen LogP contribution is 2.26. The first-order valence-electron chi connectivity index (χ1n) is 10.4. The first kappa shape index (κ1) is 25.3. The van der Waals surface area contributed by atoms with E-state index in [0.717, 1.165) is 18.6 Å². The molecule has 0 atom stereocenters. The molecule has 0 aromatic carbocycles. The molecule has 0 unspecified atom stereocenters. The van der Waals surface area contributed by atoms with Gasteiger partial charge in [0.1, 0.15) is 5.76 Å². The molecule has 6 heteroatoms. The summed E-state index contributed by atoms with van der Waals surface area (Å²) in [6.07, 6.45) is 12.3. The first-order valence-corrected chi connectivity index (χ1v) is 11.4. The normalized spacial score (nSPS) is 11.6. The fraction of sp³-hybridized carbons (Fsp3) is 0.652. The Bertz CT molecular complexity index is 721. The molecule has 29 heavy (non-hydrogen) atoms. The molecule has 0 saturated heterocycles. The van der Waals surface area contributed by atoms with Gasteiger partial charge in [-0.1, -0.05) is 55.5 Å². The Morgan fingerprint density at radius 3 is 2.21 bits per heavy atom. The zero-order valence-electron chi connectivity index (χ0n) is 18.6. The van der Waals surface area contributed by atoms with Crippen LogP contribution in [0.15, 0.2) is 20.9 Å². The van der Waals surface area contributed by atoms with Crippen LogP contribution >= 0.6 is 11.8 Å². The molecule has 0 saturated carbocycles. The Kier molecular flexibility index (Phi) is 12.5. The van der Waals surface area contributed by atoms with Crippen LogP contribution in [0.4, 0.5) is 0 Å². The monoisotopic (exact) mass is 424 g/mol. The van der Waals surface area contributed by atoms with Gasteiger partial charge in [0.05, 0.1) is 14.2 Å².